The lowest BCUT2D eigenvalue weighted by Gasteiger charge is -2.10. The monoisotopic (exact) mass is 380 g/mol. The fraction of sp³-hybridized carbons (Fsp3) is 0.100. The number of amides is 1. The van der Waals surface area contributed by atoms with Crippen molar-refractivity contribution >= 4 is 40.5 Å². The van der Waals surface area contributed by atoms with Crippen molar-refractivity contribution in [2.45, 2.75) is 13.8 Å². The van der Waals surface area contributed by atoms with E-state index in [1.807, 2.05) is 13.0 Å². The van der Waals surface area contributed by atoms with Gasteiger partial charge >= 0.3 is 0 Å². The normalized spacial score (nSPS) is 10.3. The molecule has 3 rings (SSSR count). The van der Waals surface area contributed by atoms with Gasteiger partial charge in [-0.05, 0) is 43.7 Å². The van der Waals surface area contributed by atoms with Crippen molar-refractivity contribution in [1.82, 2.24) is 9.97 Å². The fourth-order valence-corrected chi connectivity index (χ4v) is 2.60. The Morgan fingerprint density at radius 3 is 2.63 bits per heavy atom. The summed E-state index contributed by atoms with van der Waals surface area (Å²) < 4.78 is 0. The Hall–Kier alpha value is -3.25. The second-order valence-corrected chi connectivity index (χ2v) is 6.40. The van der Waals surface area contributed by atoms with Crippen LogP contribution in [-0.2, 0) is 0 Å². The molecule has 0 aliphatic rings. The molecule has 1 aromatic heterocycles. The summed E-state index contributed by atoms with van der Waals surface area (Å²) in [6, 6.07) is 13.8. The molecule has 0 aliphatic heterocycles. The van der Waals surface area contributed by atoms with Crippen LogP contribution in [0, 0.1) is 6.92 Å². The number of nitrogens with one attached hydrogen (secondary N) is 2. The van der Waals surface area contributed by atoms with E-state index in [2.05, 4.69) is 20.6 Å². The predicted molar refractivity (Wildman–Crippen MR) is 106 cm³/mol. The standard InChI is InChI=1S/C20H17ClN4O2/c1-12-6-7-15(21)9-17(12)25-19-10-18(22-11-23-19)20(27)24-16-5-3-4-14(8-16)13(2)26/h3-11H,1-2H3,(H,24,27)(H,22,23,25). The summed E-state index contributed by atoms with van der Waals surface area (Å²) in [7, 11) is 0. The van der Waals surface area contributed by atoms with Gasteiger partial charge in [-0.3, -0.25) is 9.59 Å². The van der Waals surface area contributed by atoms with Gasteiger partial charge in [0.15, 0.2) is 5.78 Å². The van der Waals surface area contributed by atoms with Crippen LogP contribution in [0.4, 0.5) is 17.2 Å². The number of hydrogen-bond donors (Lipinski definition) is 2. The molecular weight excluding hydrogens is 364 g/mol. The molecule has 6 nitrogen and oxygen atoms in total. The van der Waals surface area contributed by atoms with E-state index in [4.69, 9.17) is 11.6 Å². The topological polar surface area (TPSA) is 84.0 Å². The highest BCUT2D eigenvalue weighted by Crippen LogP contribution is 2.23. The summed E-state index contributed by atoms with van der Waals surface area (Å²) in [4.78, 5) is 32.1. The van der Waals surface area contributed by atoms with Gasteiger partial charge in [0.25, 0.3) is 5.91 Å². The Labute approximate surface area is 161 Å². The zero-order chi connectivity index (χ0) is 19.4. The molecular formula is C20H17ClN4O2. The van der Waals surface area contributed by atoms with Crippen LogP contribution in [0.2, 0.25) is 5.02 Å². The number of anilines is 3. The van der Waals surface area contributed by atoms with Crippen molar-refractivity contribution in [3.8, 4) is 0 Å². The molecule has 136 valence electrons. The number of hydrogen-bond acceptors (Lipinski definition) is 5. The van der Waals surface area contributed by atoms with Gasteiger partial charge in [0.05, 0.1) is 0 Å². The van der Waals surface area contributed by atoms with E-state index in [0.29, 0.717) is 22.1 Å². The summed E-state index contributed by atoms with van der Waals surface area (Å²) in [5, 5.41) is 6.47. The molecule has 0 atom stereocenters. The summed E-state index contributed by atoms with van der Waals surface area (Å²) in [6.07, 6.45) is 1.31. The summed E-state index contributed by atoms with van der Waals surface area (Å²) in [5.74, 6) is -0.00140. The van der Waals surface area contributed by atoms with Crippen molar-refractivity contribution in [2.75, 3.05) is 10.6 Å². The molecule has 0 bridgehead atoms. The first-order valence-corrected chi connectivity index (χ1v) is 8.58. The van der Waals surface area contributed by atoms with Crippen LogP contribution in [0.1, 0.15) is 33.3 Å². The Morgan fingerprint density at radius 2 is 1.85 bits per heavy atom. The van der Waals surface area contributed by atoms with Crippen molar-refractivity contribution in [1.29, 1.82) is 0 Å². The first kappa shape index (κ1) is 18.5. The molecule has 0 unspecified atom stereocenters. The van der Waals surface area contributed by atoms with E-state index in [0.717, 1.165) is 11.3 Å². The number of nitrogens with zero attached hydrogens (tertiary/aromatic N) is 2. The quantitative estimate of drug-likeness (QED) is 0.630. The van der Waals surface area contributed by atoms with Crippen LogP contribution in [0.25, 0.3) is 0 Å². The van der Waals surface area contributed by atoms with E-state index >= 15 is 0 Å². The van der Waals surface area contributed by atoms with Gasteiger partial charge in [0, 0.05) is 28.0 Å². The molecule has 27 heavy (non-hydrogen) atoms. The zero-order valence-corrected chi connectivity index (χ0v) is 15.5. The minimum absolute atomic E-state index is 0.0727. The number of halogens is 1. The first-order valence-electron chi connectivity index (χ1n) is 8.20. The van der Waals surface area contributed by atoms with E-state index in [1.54, 1.807) is 42.5 Å². The van der Waals surface area contributed by atoms with Gasteiger partial charge in [-0.25, -0.2) is 9.97 Å². The third kappa shape index (κ3) is 4.68. The Bertz CT molecular complexity index is 1020. The van der Waals surface area contributed by atoms with Crippen molar-refractivity contribution in [2.24, 2.45) is 0 Å². The fourth-order valence-electron chi connectivity index (χ4n) is 2.43. The SMILES string of the molecule is CC(=O)c1cccc(NC(=O)c2cc(Nc3cc(Cl)ccc3C)ncn2)c1. The largest absolute Gasteiger partial charge is 0.340 e. The molecule has 2 N–H and O–H groups in total. The van der Waals surface area contributed by atoms with Crippen LogP contribution in [0.3, 0.4) is 0 Å². The minimum Gasteiger partial charge on any atom is -0.340 e. The number of carbonyl (C=O) groups is 2. The smallest absolute Gasteiger partial charge is 0.274 e. The highest BCUT2D eigenvalue weighted by Gasteiger charge is 2.11. The lowest BCUT2D eigenvalue weighted by Crippen LogP contribution is -2.14. The minimum atomic E-state index is -0.399. The molecule has 0 radical (unpaired) electrons. The van der Waals surface area contributed by atoms with E-state index < -0.39 is 5.91 Å². The molecule has 0 spiro atoms. The Morgan fingerprint density at radius 1 is 1.04 bits per heavy atom. The average molecular weight is 381 g/mol. The third-order valence-corrected chi connectivity index (χ3v) is 4.12. The van der Waals surface area contributed by atoms with Gasteiger partial charge in [-0.1, -0.05) is 29.8 Å². The van der Waals surface area contributed by atoms with Gasteiger partial charge in [-0.2, -0.15) is 0 Å². The van der Waals surface area contributed by atoms with Gasteiger partial charge in [0.2, 0.25) is 0 Å². The summed E-state index contributed by atoms with van der Waals surface area (Å²) in [5.41, 5.74) is 3.02. The van der Waals surface area contributed by atoms with Gasteiger partial charge < -0.3 is 10.6 Å². The van der Waals surface area contributed by atoms with Crippen molar-refractivity contribution in [3.05, 3.63) is 76.7 Å². The molecule has 0 fully saturated rings. The second kappa shape index (κ2) is 7.97. The molecule has 0 aliphatic carbocycles. The van der Waals surface area contributed by atoms with Gasteiger partial charge in [0.1, 0.15) is 17.8 Å². The number of aromatic nitrogens is 2. The number of carbonyl (C=O) groups excluding carboxylic acids is 2. The van der Waals surface area contributed by atoms with Gasteiger partial charge in [-0.15, -0.1) is 0 Å². The maximum atomic E-state index is 12.5. The predicted octanol–water partition coefficient (Wildman–Crippen LogP) is 4.64. The number of aryl methyl sites for hydroxylation is 1. The number of benzene rings is 2. The van der Waals surface area contributed by atoms with E-state index in [-0.39, 0.29) is 11.5 Å². The number of Topliss-reactive ketones (excluding diaryl/α,β-unsaturated/α-hetero) is 1. The molecule has 3 aromatic rings. The molecule has 1 heterocycles. The first-order chi connectivity index (χ1) is 12.9. The number of rotatable bonds is 5. The lowest BCUT2D eigenvalue weighted by atomic mass is 10.1. The average Bonchev–Trinajstić information content (AvgIpc) is 2.65. The maximum Gasteiger partial charge on any atom is 0.274 e. The zero-order valence-electron chi connectivity index (χ0n) is 14.8. The van der Waals surface area contributed by atoms with Crippen molar-refractivity contribution < 1.29 is 9.59 Å². The highest BCUT2D eigenvalue weighted by atomic mass is 35.5. The highest BCUT2D eigenvalue weighted by molar-refractivity contribution is 6.30. The maximum absolute atomic E-state index is 12.5. The summed E-state index contributed by atoms with van der Waals surface area (Å²) >= 11 is 6.03. The third-order valence-electron chi connectivity index (χ3n) is 3.89. The molecule has 2 aromatic carbocycles. The van der Waals surface area contributed by atoms with Crippen LogP contribution >= 0.6 is 11.6 Å². The Balaban J connectivity index is 1.78. The van der Waals surface area contributed by atoms with Crippen LogP contribution in [0.5, 0.6) is 0 Å². The van der Waals surface area contributed by atoms with E-state index in [1.165, 1.54) is 13.3 Å². The lowest BCUT2D eigenvalue weighted by molar-refractivity contribution is 0.100. The second-order valence-electron chi connectivity index (χ2n) is 5.96. The molecule has 7 heteroatoms. The van der Waals surface area contributed by atoms with Crippen molar-refractivity contribution in [3.63, 3.8) is 0 Å². The van der Waals surface area contributed by atoms with E-state index in [9.17, 15) is 9.59 Å². The molecule has 0 saturated heterocycles. The Kier molecular flexibility index (Phi) is 5.47. The van der Waals surface area contributed by atoms with Crippen LogP contribution in [0.15, 0.2) is 54.9 Å². The molecule has 0 saturated carbocycles. The van der Waals surface area contributed by atoms with Crippen LogP contribution < -0.4 is 10.6 Å². The molecule has 1 amide bonds. The van der Waals surface area contributed by atoms with Crippen LogP contribution in [-0.4, -0.2) is 21.7 Å². The number of ketones is 1. The summed E-state index contributed by atoms with van der Waals surface area (Å²) in [6.45, 7) is 3.41.